The van der Waals surface area contributed by atoms with Crippen molar-refractivity contribution < 1.29 is 0 Å². The van der Waals surface area contributed by atoms with Gasteiger partial charge in [0.2, 0.25) is 0 Å². The second kappa shape index (κ2) is 8.74. The first-order valence-corrected chi connectivity index (χ1v) is 7.11. The summed E-state index contributed by atoms with van der Waals surface area (Å²) in [5.41, 5.74) is 1.08. The van der Waals surface area contributed by atoms with E-state index in [4.69, 9.17) is 0 Å². The van der Waals surface area contributed by atoms with E-state index in [0.717, 1.165) is 25.2 Å². The minimum absolute atomic E-state index is 0.595. The normalized spacial score (nSPS) is 10.9. The van der Waals surface area contributed by atoms with Gasteiger partial charge in [0, 0.05) is 30.7 Å². The van der Waals surface area contributed by atoms with Gasteiger partial charge in [0.15, 0.2) is 0 Å². The monoisotopic (exact) mass is 258 g/mol. The first-order chi connectivity index (χ1) is 9.11. The molecule has 1 aromatic carbocycles. The summed E-state index contributed by atoms with van der Waals surface area (Å²) in [4.78, 5) is 2.48. The molecular formula is C17H26N2. The van der Waals surface area contributed by atoms with Crippen LogP contribution in [-0.4, -0.2) is 36.6 Å². The van der Waals surface area contributed by atoms with Crippen molar-refractivity contribution in [3.63, 3.8) is 0 Å². The minimum atomic E-state index is 0.595. The summed E-state index contributed by atoms with van der Waals surface area (Å²) in [6.45, 7) is 11.8. The molecule has 0 saturated carbocycles. The van der Waals surface area contributed by atoms with Gasteiger partial charge in [-0.05, 0) is 39.8 Å². The molecule has 0 aliphatic rings. The smallest absolute Gasteiger partial charge is 0.0580 e. The van der Waals surface area contributed by atoms with Crippen molar-refractivity contribution in [2.75, 3.05) is 19.6 Å². The van der Waals surface area contributed by atoms with Crippen molar-refractivity contribution in [3.05, 3.63) is 35.9 Å². The van der Waals surface area contributed by atoms with E-state index < -0.39 is 0 Å². The Morgan fingerprint density at radius 3 is 2.26 bits per heavy atom. The van der Waals surface area contributed by atoms with E-state index in [1.165, 1.54) is 0 Å². The van der Waals surface area contributed by atoms with Gasteiger partial charge in [-0.1, -0.05) is 30.0 Å². The fourth-order valence-corrected chi connectivity index (χ4v) is 2.14. The molecule has 2 heteroatoms. The van der Waals surface area contributed by atoms with Crippen LogP contribution in [0, 0.1) is 11.8 Å². The van der Waals surface area contributed by atoms with E-state index in [9.17, 15) is 0 Å². The van der Waals surface area contributed by atoms with E-state index in [1.54, 1.807) is 0 Å². The molecule has 0 unspecified atom stereocenters. The third-order valence-corrected chi connectivity index (χ3v) is 3.09. The van der Waals surface area contributed by atoms with E-state index in [0.29, 0.717) is 12.1 Å². The van der Waals surface area contributed by atoms with Crippen molar-refractivity contribution in [2.45, 2.75) is 39.8 Å². The number of nitrogens with one attached hydrogen (secondary N) is 1. The molecule has 1 rings (SSSR count). The minimum Gasteiger partial charge on any atom is -0.305 e. The zero-order valence-electron chi connectivity index (χ0n) is 12.6. The number of nitrogens with zero attached hydrogens (tertiary/aromatic N) is 1. The molecule has 0 aromatic heterocycles. The highest BCUT2D eigenvalue weighted by Gasteiger charge is 2.11. The predicted molar refractivity (Wildman–Crippen MR) is 83.2 cm³/mol. The van der Waals surface area contributed by atoms with E-state index in [2.05, 4.69) is 49.8 Å². The molecule has 0 atom stereocenters. The van der Waals surface area contributed by atoms with Gasteiger partial charge in [-0.2, -0.15) is 0 Å². The molecule has 0 heterocycles. The van der Waals surface area contributed by atoms with Crippen molar-refractivity contribution in [2.24, 2.45) is 0 Å². The Labute approximate surface area is 118 Å². The topological polar surface area (TPSA) is 15.3 Å². The largest absolute Gasteiger partial charge is 0.305 e. The zero-order valence-corrected chi connectivity index (χ0v) is 12.6. The highest BCUT2D eigenvalue weighted by molar-refractivity contribution is 5.33. The summed E-state index contributed by atoms with van der Waals surface area (Å²) in [5, 5.41) is 3.38. The lowest BCUT2D eigenvalue weighted by Crippen LogP contribution is -2.41. The van der Waals surface area contributed by atoms with Crippen LogP contribution in [0.15, 0.2) is 30.3 Å². The highest BCUT2D eigenvalue weighted by Crippen LogP contribution is 2.03. The standard InChI is InChI=1S/C17H26N2/c1-15(2)19(16(3)4)14-13-18-12-8-11-17-9-6-5-7-10-17/h5-7,9-10,15-16,18H,12-14H2,1-4H3. The molecule has 0 aliphatic heterocycles. The summed E-state index contributed by atoms with van der Waals surface area (Å²) in [6.07, 6.45) is 0. The van der Waals surface area contributed by atoms with Crippen LogP contribution in [0.1, 0.15) is 33.3 Å². The van der Waals surface area contributed by atoms with Crippen LogP contribution in [-0.2, 0) is 0 Å². The molecule has 1 N–H and O–H groups in total. The zero-order chi connectivity index (χ0) is 14.1. The van der Waals surface area contributed by atoms with Crippen molar-refractivity contribution in [1.29, 1.82) is 0 Å². The van der Waals surface area contributed by atoms with Crippen LogP contribution in [0.2, 0.25) is 0 Å². The lowest BCUT2D eigenvalue weighted by atomic mass is 10.2. The molecule has 0 fully saturated rings. The van der Waals surface area contributed by atoms with Gasteiger partial charge < -0.3 is 5.32 Å². The number of hydrogen-bond donors (Lipinski definition) is 1. The molecule has 0 amide bonds. The molecule has 0 radical (unpaired) electrons. The second-order valence-electron chi connectivity index (χ2n) is 5.27. The quantitative estimate of drug-likeness (QED) is 0.623. The van der Waals surface area contributed by atoms with Crippen molar-refractivity contribution in [1.82, 2.24) is 10.2 Å². The maximum absolute atomic E-state index is 3.38. The molecule has 0 spiro atoms. The van der Waals surface area contributed by atoms with Crippen LogP contribution in [0.4, 0.5) is 0 Å². The summed E-state index contributed by atoms with van der Waals surface area (Å²) >= 11 is 0. The Bertz CT molecular complexity index is 390. The van der Waals surface area contributed by atoms with Gasteiger partial charge >= 0.3 is 0 Å². The lowest BCUT2D eigenvalue weighted by molar-refractivity contribution is 0.176. The lowest BCUT2D eigenvalue weighted by Gasteiger charge is -2.30. The first-order valence-electron chi connectivity index (χ1n) is 7.11. The maximum atomic E-state index is 3.38. The van der Waals surface area contributed by atoms with Crippen molar-refractivity contribution in [3.8, 4) is 11.8 Å². The Balaban J connectivity index is 2.23. The fraction of sp³-hybridized carbons (Fsp3) is 0.529. The summed E-state index contributed by atoms with van der Waals surface area (Å²) in [6, 6.07) is 11.3. The van der Waals surface area contributed by atoms with Gasteiger partial charge in [-0.3, -0.25) is 4.90 Å². The maximum Gasteiger partial charge on any atom is 0.0580 e. The Hall–Kier alpha value is -1.30. The van der Waals surface area contributed by atoms with Gasteiger partial charge in [0.25, 0.3) is 0 Å². The van der Waals surface area contributed by atoms with Crippen LogP contribution in [0.5, 0.6) is 0 Å². The van der Waals surface area contributed by atoms with Crippen LogP contribution < -0.4 is 5.32 Å². The van der Waals surface area contributed by atoms with Gasteiger partial charge in [-0.15, -0.1) is 0 Å². The molecule has 2 nitrogen and oxygen atoms in total. The van der Waals surface area contributed by atoms with Crippen LogP contribution in [0.3, 0.4) is 0 Å². The van der Waals surface area contributed by atoms with Gasteiger partial charge in [0.05, 0.1) is 6.54 Å². The highest BCUT2D eigenvalue weighted by atomic mass is 15.2. The van der Waals surface area contributed by atoms with Gasteiger partial charge in [-0.25, -0.2) is 0 Å². The average molecular weight is 258 g/mol. The van der Waals surface area contributed by atoms with E-state index in [-0.39, 0.29) is 0 Å². The van der Waals surface area contributed by atoms with Crippen LogP contribution in [0.25, 0.3) is 0 Å². The molecule has 19 heavy (non-hydrogen) atoms. The molecule has 0 aliphatic carbocycles. The third kappa shape index (κ3) is 6.42. The Morgan fingerprint density at radius 2 is 1.68 bits per heavy atom. The fourth-order valence-electron chi connectivity index (χ4n) is 2.14. The predicted octanol–water partition coefficient (Wildman–Crippen LogP) is 2.75. The number of benzene rings is 1. The van der Waals surface area contributed by atoms with E-state index >= 15 is 0 Å². The summed E-state index contributed by atoms with van der Waals surface area (Å²) < 4.78 is 0. The SMILES string of the molecule is CC(C)N(CCNCC#Cc1ccccc1)C(C)C. The Morgan fingerprint density at radius 1 is 1.05 bits per heavy atom. The number of hydrogen-bond acceptors (Lipinski definition) is 2. The van der Waals surface area contributed by atoms with Gasteiger partial charge in [0.1, 0.15) is 0 Å². The van der Waals surface area contributed by atoms with Crippen LogP contribution >= 0.6 is 0 Å². The summed E-state index contributed by atoms with van der Waals surface area (Å²) in [5.74, 6) is 6.31. The average Bonchev–Trinajstić information content (AvgIpc) is 2.38. The molecule has 0 bridgehead atoms. The second-order valence-corrected chi connectivity index (χ2v) is 5.27. The van der Waals surface area contributed by atoms with E-state index in [1.807, 2.05) is 30.3 Å². The molecule has 1 aromatic rings. The van der Waals surface area contributed by atoms with Crippen molar-refractivity contribution >= 4 is 0 Å². The first kappa shape index (κ1) is 15.8. The molecular weight excluding hydrogens is 232 g/mol. The Kier molecular flexibility index (Phi) is 7.25. The number of rotatable bonds is 6. The molecule has 104 valence electrons. The third-order valence-electron chi connectivity index (χ3n) is 3.09. The molecule has 0 saturated heterocycles. The summed E-state index contributed by atoms with van der Waals surface area (Å²) in [7, 11) is 0.